The molecular formula is C20H20ClFN6. The molecule has 2 heterocycles. The number of nitrogens with one attached hydrogen (secondary N) is 1. The Kier molecular flexibility index (Phi) is 5.53. The molecule has 4 rings (SSSR count). The number of aromatic nitrogens is 3. The van der Waals surface area contributed by atoms with Gasteiger partial charge in [-0.2, -0.15) is 10.1 Å². The maximum absolute atomic E-state index is 14.0. The van der Waals surface area contributed by atoms with Gasteiger partial charge in [-0.3, -0.25) is 0 Å². The third-order valence-corrected chi connectivity index (χ3v) is 4.96. The fraction of sp³-hybridized carbons (Fsp3) is 0.250. The van der Waals surface area contributed by atoms with Crippen molar-refractivity contribution in [3.05, 3.63) is 71.1 Å². The van der Waals surface area contributed by atoms with Gasteiger partial charge in [0, 0.05) is 37.7 Å². The second kappa shape index (κ2) is 8.39. The summed E-state index contributed by atoms with van der Waals surface area (Å²) < 4.78 is 14.0. The molecule has 0 atom stereocenters. The minimum Gasteiger partial charge on any atom is -0.366 e. The largest absolute Gasteiger partial charge is 0.366 e. The molecule has 0 amide bonds. The molecule has 1 fully saturated rings. The highest BCUT2D eigenvalue weighted by molar-refractivity contribution is 6.30. The van der Waals surface area contributed by atoms with E-state index in [-0.39, 0.29) is 5.82 Å². The van der Waals surface area contributed by atoms with Crippen molar-refractivity contribution < 1.29 is 4.39 Å². The van der Waals surface area contributed by atoms with Gasteiger partial charge in [0.2, 0.25) is 5.95 Å². The highest BCUT2D eigenvalue weighted by Gasteiger charge is 2.20. The Hall–Kier alpha value is -2.93. The molecule has 6 nitrogen and oxygen atoms in total. The van der Waals surface area contributed by atoms with Gasteiger partial charge in [-0.1, -0.05) is 35.9 Å². The van der Waals surface area contributed by atoms with Gasteiger partial charge in [0.25, 0.3) is 0 Å². The zero-order valence-corrected chi connectivity index (χ0v) is 16.0. The van der Waals surface area contributed by atoms with Crippen LogP contribution < -0.4 is 15.1 Å². The molecule has 1 aliphatic heterocycles. The minimum atomic E-state index is -0.187. The van der Waals surface area contributed by atoms with Crippen molar-refractivity contribution in [2.45, 2.75) is 6.54 Å². The van der Waals surface area contributed by atoms with Crippen molar-refractivity contribution in [3.63, 3.8) is 0 Å². The molecule has 28 heavy (non-hydrogen) atoms. The molecule has 1 saturated heterocycles. The van der Waals surface area contributed by atoms with Crippen molar-refractivity contribution in [3.8, 4) is 0 Å². The second-order valence-corrected chi connectivity index (χ2v) is 6.98. The fourth-order valence-electron chi connectivity index (χ4n) is 3.19. The molecule has 0 saturated carbocycles. The standard InChI is InChI=1S/C20H20ClFN6/c21-16-7-5-15(6-8-16)13-23-20-25-19(14-24-26-20)28-11-9-27(10-12-28)18-4-2-1-3-17(18)22/h1-8,14H,9-13H2,(H,23,25,26). The zero-order chi connectivity index (χ0) is 19.3. The summed E-state index contributed by atoms with van der Waals surface area (Å²) >= 11 is 5.91. The summed E-state index contributed by atoms with van der Waals surface area (Å²) in [6, 6.07) is 14.5. The fourth-order valence-corrected chi connectivity index (χ4v) is 3.32. The zero-order valence-electron chi connectivity index (χ0n) is 15.2. The summed E-state index contributed by atoms with van der Waals surface area (Å²) in [7, 11) is 0. The number of hydrogen-bond donors (Lipinski definition) is 1. The third-order valence-electron chi connectivity index (χ3n) is 4.71. The molecule has 3 aromatic rings. The first-order valence-corrected chi connectivity index (χ1v) is 9.49. The summed E-state index contributed by atoms with van der Waals surface area (Å²) in [6.45, 7) is 3.51. The van der Waals surface area contributed by atoms with E-state index in [1.165, 1.54) is 6.07 Å². The van der Waals surface area contributed by atoms with Crippen LogP contribution in [0.15, 0.2) is 54.7 Å². The summed E-state index contributed by atoms with van der Waals surface area (Å²) in [6.07, 6.45) is 1.66. The quantitative estimate of drug-likeness (QED) is 0.708. The molecule has 1 N–H and O–H groups in total. The van der Waals surface area contributed by atoms with E-state index in [2.05, 4.69) is 30.3 Å². The molecule has 0 aliphatic carbocycles. The summed E-state index contributed by atoms with van der Waals surface area (Å²) in [5, 5.41) is 12.0. The van der Waals surface area contributed by atoms with Crippen LogP contribution in [0.3, 0.4) is 0 Å². The SMILES string of the molecule is Fc1ccccc1N1CCN(c2cnnc(NCc3ccc(Cl)cc3)n2)CC1. The van der Waals surface area contributed by atoms with E-state index < -0.39 is 0 Å². The van der Waals surface area contributed by atoms with E-state index in [0.29, 0.717) is 23.2 Å². The molecule has 144 valence electrons. The molecule has 0 unspecified atom stereocenters. The Bertz CT molecular complexity index is 928. The lowest BCUT2D eigenvalue weighted by Gasteiger charge is -2.36. The average Bonchev–Trinajstić information content (AvgIpc) is 2.74. The Balaban J connectivity index is 1.37. The Morgan fingerprint density at radius 1 is 0.964 bits per heavy atom. The first kappa shape index (κ1) is 18.4. The van der Waals surface area contributed by atoms with E-state index in [1.807, 2.05) is 36.4 Å². The summed E-state index contributed by atoms with van der Waals surface area (Å²) in [4.78, 5) is 8.76. The van der Waals surface area contributed by atoms with E-state index in [0.717, 1.165) is 37.6 Å². The van der Waals surface area contributed by atoms with Gasteiger partial charge >= 0.3 is 0 Å². The highest BCUT2D eigenvalue weighted by atomic mass is 35.5. The first-order valence-electron chi connectivity index (χ1n) is 9.11. The smallest absolute Gasteiger partial charge is 0.244 e. The lowest BCUT2D eigenvalue weighted by Crippen LogP contribution is -2.47. The molecule has 2 aromatic carbocycles. The van der Waals surface area contributed by atoms with Gasteiger partial charge in [0.1, 0.15) is 5.82 Å². The molecule has 8 heteroatoms. The lowest BCUT2D eigenvalue weighted by molar-refractivity contribution is 0.595. The van der Waals surface area contributed by atoms with Gasteiger partial charge < -0.3 is 15.1 Å². The van der Waals surface area contributed by atoms with Crippen LogP contribution in [0.5, 0.6) is 0 Å². The van der Waals surface area contributed by atoms with Gasteiger partial charge in [-0.25, -0.2) is 4.39 Å². The van der Waals surface area contributed by atoms with Crippen LogP contribution in [0.1, 0.15) is 5.56 Å². The van der Waals surface area contributed by atoms with Crippen LogP contribution in [-0.4, -0.2) is 41.4 Å². The Labute approximate surface area is 168 Å². The van der Waals surface area contributed by atoms with Crippen LogP contribution in [-0.2, 0) is 6.54 Å². The van der Waals surface area contributed by atoms with E-state index in [9.17, 15) is 4.39 Å². The number of benzene rings is 2. The van der Waals surface area contributed by atoms with Crippen LogP contribution in [0.25, 0.3) is 0 Å². The van der Waals surface area contributed by atoms with E-state index >= 15 is 0 Å². The summed E-state index contributed by atoms with van der Waals surface area (Å²) in [5.74, 6) is 1.05. The van der Waals surface area contributed by atoms with Crippen molar-refractivity contribution in [2.24, 2.45) is 0 Å². The number of rotatable bonds is 5. The molecule has 0 spiro atoms. The minimum absolute atomic E-state index is 0.187. The summed E-state index contributed by atoms with van der Waals surface area (Å²) in [5.41, 5.74) is 1.73. The maximum atomic E-state index is 14.0. The third kappa shape index (κ3) is 4.31. The maximum Gasteiger partial charge on any atom is 0.244 e. The molecule has 1 aromatic heterocycles. The van der Waals surface area contributed by atoms with Gasteiger partial charge in [0.05, 0.1) is 11.9 Å². The van der Waals surface area contributed by atoms with Crippen molar-refractivity contribution in [1.29, 1.82) is 0 Å². The first-order chi connectivity index (χ1) is 13.7. The molecule has 1 aliphatic rings. The number of halogens is 2. The van der Waals surface area contributed by atoms with Gasteiger partial charge in [0.15, 0.2) is 5.82 Å². The van der Waals surface area contributed by atoms with Crippen LogP contribution >= 0.6 is 11.6 Å². The molecular weight excluding hydrogens is 379 g/mol. The number of nitrogens with zero attached hydrogens (tertiary/aromatic N) is 5. The van der Waals surface area contributed by atoms with Crippen molar-refractivity contribution >= 4 is 29.1 Å². The van der Waals surface area contributed by atoms with Crippen molar-refractivity contribution in [1.82, 2.24) is 15.2 Å². The predicted molar refractivity (Wildman–Crippen MR) is 109 cm³/mol. The Morgan fingerprint density at radius 2 is 1.68 bits per heavy atom. The van der Waals surface area contributed by atoms with Crippen LogP contribution in [0, 0.1) is 5.82 Å². The number of para-hydroxylation sites is 1. The van der Waals surface area contributed by atoms with Crippen molar-refractivity contribution in [2.75, 3.05) is 41.3 Å². The van der Waals surface area contributed by atoms with Gasteiger partial charge in [-0.05, 0) is 29.8 Å². The van der Waals surface area contributed by atoms with Gasteiger partial charge in [-0.15, -0.1) is 5.10 Å². The average molecular weight is 399 g/mol. The van der Waals surface area contributed by atoms with E-state index in [1.54, 1.807) is 12.3 Å². The normalized spacial score (nSPS) is 14.2. The highest BCUT2D eigenvalue weighted by Crippen LogP contribution is 2.22. The van der Waals surface area contributed by atoms with E-state index in [4.69, 9.17) is 11.6 Å². The predicted octanol–water partition coefficient (Wildman–Crippen LogP) is 3.60. The number of anilines is 3. The molecule has 0 radical (unpaired) electrons. The monoisotopic (exact) mass is 398 g/mol. The van der Waals surface area contributed by atoms with Crippen LogP contribution in [0.2, 0.25) is 5.02 Å². The lowest BCUT2D eigenvalue weighted by atomic mass is 10.2. The van der Waals surface area contributed by atoms with Crippen LogP contribution in [0.4, 0.5) is 21.8 Å². The molecule has 0 bridgehead atoms. The second-order valence-electron chi connectivity index (χ2n) is 6.54. The number of hydrogen-bond acceptors (Lipinski definition) is 6. The number of piperazine rings is 1. The Morgan fingerprint density at radius 3 is 2.43 bits per heavy atom. The topological polar surface area (TPSA) is 57.2 Å².